The Balaban J connectivity index is 1.91. The summed E-state index contributed by atoms with van der Waals surface area (Å²) < 4.78 is 10.4. The Morgan fingerprint density at radius 1 is 1.56 bits per heavy atom. The molecule has 1 aromatic rings. The standard InChI is InChI=1S/C13H18N2O3/c1-3-18-12-6-4-5-10(14-12)7-11(16)15-13(2)8-17-9-13/h4-6H,3,7-9H2,1-2H3,(H,15,16). The van der Waals surface area contributed by atoms with Crippen LogP contribution in [0.25, 0.3) is 0 Å². The highest BCUT2D eigenvalue weighted by Gasteiger charge is 2.34. The van der Waals surface area contributed by atoms with E-state index in [0.29, 0.717) is 31.4 Å². The summed E-state index contributed by atoms with van der Waals surface area (Å²) >= 11 is 0. The molecule has 1 N–H and O–H groups in total. The van der Waals surface area contributed by atoms with Crippen molar-refractivity contribution in [3.63, 3.8) is 0 Å². The summed E-state index contributed by atoms with van der Waals surface area (Å²) in [5.41, 5.74) is 0.497. The van der Waals surface area contributed by atoms with E-state index >= 15 is 0 Å². The summed E-state index contributed by atoms with van der Waals surface area (Å²) in [6.07, 6.45) is 0.260. The van der Waals surface area contributed by atoms with E-state index in [0.717, 1.165) is 0 Å². The monoisotopic (exact) mass is 250 g/mol. The number of carbonyl (C=O) groups is 1. The number of nitrogens with zero attached hydrogens (tertiary/aromatic N) is 1. The molecule has 18 heavy (non-hydrogen) atoms. The molecule has 0 spiro atoms. The van der Waals surface area contributed by atoms with E-state index in [-0.39, 0.29) is 17.9 Å². The van der Waals surface area contributed by atoms with E-state index in [1.165, 1.54) is 0 Å². The van der Waals surface area contributed by atoms with Crippen LogP contribution in [0.2, 0.25) is 0 Å². The van der Waals surface area contributed by atoms with Gasteiger partial charge in [0.25, 0.3) is 0 Å². The van der Waals surface area contributed by atoms with Crippen LogP contribution in [0.5, 0.6) is 5.88 Å². The third-order valence-electron chi connectivity index (χ3n) is 2.70. The minimum absolute atomic E-state index is 0.0399. The van der Waals surface area contributed by atoms with Gasteiger partial charge in [-0.05, 0) is 19.9 Å². The molecular formula is C13H18N2O3. The fourth-order valence-corrected chi connectivity index (χ4v) is 1.81. The zero-order valence-electron chi connectivity index (χ0n) is 10.7. The third-order valence-corrected chi connectivity index (χ3v) is 2.70. The smallest absolute Gasteiger partial charge is 0.226 e. The molecule has 5 nitrogen and oxygen atoms in total. The first-order valence-corrected chi connectivity index (χ1v) is 6.09. The number of pyridine rings is 1. The molecule has 0 atom stereocenters. The lowest BCUT2D eigenvalue weighted by atomic mass is 10.0. The van der Waals surface area contributed by atoms with Crippen LogP contribution < -0.4 is 10.1 Å². The van der Waals surface area contributed by atoms with E-state index in [2.05, 4.69) is 10.3 Å². The molecular weight excluding hydrogens is 232 g/mol. The van der Waals surface area contributed by atoms with Gasteiger partial charge in [-0.25, -0.2) is 4.98 Å². The second-order valence-corrected chi connectivity index (χ2v) is 4.68. The van der Waals surface area contributed by atoms with Gasteiger partial charge in [0.15, 0.2) is 0 Å². The molecule has 1 saturated heterocycles. The van der Waals surface area contributed by atoms with Gasteiger partial charge in [0.05, 0.1) is 37.5 Å². The molecule has 0 bridgehead atoms. The number of carbonyl (C=O) groups excluding carboxylic acids is 1. The van der Waals surface area contributed by atoms with Crippen LogP contribution in [-0.2, 0) is 16.0 Å². The van der Waals surface area contributed by atoms with E-state index in [9.17, 15) is 4.79 Å². The van der Waals surface area contributed by atoms with Crippen molar-refractivity contribution in [3.8, 4) is 5.88 Å². The number of aromatic nitrogens is 1. The molecule has 1 aliphatic heterocycles. The van der Waals surface area contributed by atoms with Crippen LogP contribution in [0.1, 0.15) is 19.5 Å². The quantitative estimate of drug-likeness (QED) is 0.844. The SMILES string of the molecule is CCOc1cccc(CC(=O)NC2(C)COC2)n1. The lowest BCUT2D eigenvalue weighted by molar-refractivity contribution is -0.130. The van der Waals surface area contributed by atoms with Crippen molar-refractivity contribution in [2.45, 2.75) is 25.8 Å². The molecule has 1 aliphatic rings. The average Bonchev–Trinajstić information content (AvgIpc) is 2.27. The maximum Gasteiger partial charge on any atom is 0.226 e. The number of amides is 1. The van der Waals surface area contributed by atoms with Crippen molar-refractivity contribution in [3.05, 3.63) is 23.9 Å². The second kappa shape index (κ2) is 5.35. The van der Waals surface area contributed by atoms with Gasteiger partial charge in [-0.3, -0.25) is 4.79 Å². The van der Waals surface area contributed by atoms with Crippen LogP contribution in [0.15, 0.2) is 18.2 Å². The number of hydrogen-bond donors (Lipinski definition) is 1. The number of nitrogens with one attached hydrogen (secondary N) is 1. The fourth-order valence-electron chi connectivity index (χ4n) is 1.81. The predicted molar refractivity (Wildman–Crippen MR) is 66.5 cm³/mol. The highest BCUT2D eigenvalue weighted by molar-refractivity contribution is 5.79. The maximum atomic E-state index is 11.8. The molecule has 1 aromatic heterocycles. The summed E-state index contributed by atoms with van der Waals surface area (Å²) in [5, 5.41) is 2.95. The first kappa shape index (κ1) is 12.8. The normalized spacial score (nSPS) is 16.8. The van der Waals surface area contributed by atoms with E-state index < -0.39 is 0 Å². The van der Waals surface area contributed by atoms with Crippen molar-refractivity contribution in [1.82, 2.24) is 10.3 Å². The topological polar surface area (TPSA) is 60.5 Å². The zero-order valence-corrected chi connectivity index (χ0v) is 10.7. The molecule has 0 aromatic carbocycles. The highest BCUT2D eigenvalue weighted by Crippen LogP contribution is 2.15. The minimum atomic E-state index is -0.214. The molecule has 0 unspecified atom stereocenters. The summed E-state index contributed by atoms with van der Waals surface area (Å²) in [6.45, 7) is 5.59. The lowest BCUT2D eigenvalue weighted by Gasteiger charge is -2.38. The van der Waals surface area contributed by atoms with Crippen LogP contribution in [-0.4, -0.2) is 36.3 Å². The van der Waals surface area contributed by atoms with Crippen LogP contribution >= 0.6 is 0 Å². The van der Waals surface area contributed by atoms with Crippen molar-refractivity contribution in [2.24, 2.45) is 0 Å². The average molecular weight is 250 g/mol. The van der Waals surface area contributed by atoms with Gasteiger partial charge in [0, 0.05) is 6.07 Å². The summed E-state index contributed by atoms with van der Waals surface area (Å²) in [7, 11) is 0. The number of rotatable bonds is 5. The Morgan fingerprint density at radius 2 is 2.33 bits per heavy atom. The fraction of sp³-hybridized carbons (Fsp3) is 0.538. The van der Waals surface area contributed by atoms with Gasteiger partial charge in [-0.1, -0.05) is 6.07 Å². The van der Waals surface area contributed by atoms with E-state index in [1.54, 1.807) is 6.07 Å². The molecule has 98 valence electrons. The zero-order chi connectivity index (χ0) is 13.0. The number of hydrogen-bond acceptors (Lipinski definition) is 4. The van der Waals surface area contributed by atoms with Gasteiger partial charge >= 0.3 is 0 Å². The predicted octanol–water partition coefficient (Wildman–Crippen LogP) is 0.928. The largest absolute Gasteiger partial charge is 0.478 e. The first-order valence-electron chi connectivity index (χ1n) is 6.09. The van der Waals surface area contributed by atoms with Gasteiger partial charge in [0.1, 0.15) is 0 Å². The maximum absolute atomic E-state index is 11.8. The Labute approximate surface area is 107 Å². The molecule has 1 fully saturated rings. The summed E-state index contributed by atoms with van der Waals surface area (Å²) in [5.74, 6) is 0.517. The molecule has 0 radical (unpaired) electrons. The molecule has 0 saturated carbocycles. The van der Waals surface area contributed by atoms with Crippen molar-refractivity contribution in [2.75, 3.05) is 19.8 Å². The van der Waals surface area contributed by atoms with Crippen LogP contribution in [0.3, 0.4) is 0 Å². The first-order chi connectivity index (χ1) is 8.61. The lowest BCUT2D eigenvalue weighted by Crippen LogP contribution is -2.60. The third kappa shape index (κ3) is 3.20. The second-order valence-electron chi connectivity index (χ2n) is 4.68. The van der Waals surface area contributed by atoms with Gasteiger partial charge in [-0.15, -0.1) is 0 Å². The molecule has 5 heteroatoms. The summed E-state index contributed by atoms with van der Waals surface area (Å²) in [4.78, 5) is 16.1. The van der Waals surface area contributed by atoms with E-state index in [1.807, 2.05) is 26.0 Å². The van der Waals surface area contributed by atoms with Gasteiger partial charge in [-0.2, -0.15) is 0 Å². The van der Waals surface area contributed by atoms with Crippen molar-refractivity contribution in [1.29, 1.82) is 0 Å². The van der Waals surface area contributed by atoms with Crippen molar-refractivity contribution >= 4 is 5.91 Å². The molecule has 0 aliphatic carbocycles. The number of ether oxygens (including phenoxy) is 2. The minimum Gasteiger partial charge on any atom is -0.478 e. The van der Waals surface area contributed by atoms with Crippen molar-refractivity contribution < 1.29 is 14.3 Å². The Morgan fingerprint density at radius 3 is 2.94 bits per heavy atom. The Kier molecular flexibility index (Phi) is 3.81. The van der Waals surface area contributed by atoms with Crippen LogP contribution in [0.4, 0.5) is 0 Å². The Bertz CT molecular complexity index is 430. The molecule has 2 heterocycles. The van der Waals surface area contributed by atoms with Gasteiger partial charge < -0.3 is 14.8 Å². The molecule has 2 rings (SSSR count). The van der Waals surface area contributed by atoms with Crippen LogP contribution in [0, 0.1) is 0 Å². The molecule has 1 amide bonds. The van der Waals surface area contributed by atoms with E-state index in [4.69, 9.17) is 9.47 Å². The van der Waals surface area contributed by atoms with Gasteiger partial charge in [0.2, 0.25) is 11.8 Å². The Hall–Kier alpha value is -1.62. The highest BCUT2D eigenvalue weighted by atomic mass is 16.5. The summed E-state index contributed by atoms with van der Waals surface area (Å²) in [6, 6.07) is 5.45.